The standard InChI is InChI=1S/C13H14O/c1-9-4-5-11-7-10(2)13(14-3)8-12(11)6-9/h4-8H,1-3H3/i5D. The Morgan fingerprint density at radius 3 is 2.64 bits per heavy atom. The van der Waals surface area contributed by atoms with Crippen molar-refractivity contribution >= 4 is 10.8 Å². The highest BCUT2D eigenvalue weighted by Crippen LogP contribution is 2.25. The number of hydrogen-bond acceptors (Lipinski definition) is 1. The molecular formula is C13H14O. The van der Waals surface area contributed by atoms with Crippen molar-refractivity contribution in [3.63, 3.8) is 0 Å². The highest BCUT2D eigenvalue weighted by Gasteiger charge is 2.00. The Balaban J connectivity index is 2.81. The summed E-state index contributed by atoms with van der Waals surface area (Å²) < 4.78 is 13.2. The maximum absolute atomic E-state index is 7.89. The second-order valence-corrected chi connectivity index (χ2v) is 3.59. The molecule has 1 nitrogen and oxygen atoms in total. The third-order valence-corrected chi connectivity index (χ3v) is 2.41. The maximum atomic E-state index is 7.89. The summed E-state index contributed by atoms with van der Waals surface area (Å²) in [5, 5.41) is 2.06. The minimum atomic E-state index is 0.579. The van der Waals surface area contributed by atoms with Gasteiger partial charge in [0.2, 0.25) is 0 Å². The van der Waals surface area contributed by atoms with Gasteiger partial charge in [-0.1, -0.05) is 23.7 Å². The summed E-state index contributed by atoms with van der Waals surface area (Å²) in [6, 6.07) is 8.55. The fraction of sp³-hybridized carbons (Fsp3) is 0.231. The van der Waals surface area contributed by atoms with Crippen LogP contribution in [0.4, 0.5) is 0 Å². The fourth-order valence-corrected chi connectivity index (χ4v) is 1.65. The highest BCUT2D eigenvalue weighted by molar-refractivity contribution is 5.85. The van der Waals surface area contributed by atoms with E-state index in [0.717, 1.165) is 27.6 Å². The van der Waals surface area contributed by atoms with Gasteiger partial charge in [0.15, 0.2) is 0 Å². The normalized spacial score (nSPS) is 11.5. The van der Waals surface area contributed by atoms with Crippen molar-refractivity contribution in [2.75, 3.05) is 7.11 Å². The number of fused-ring (bicyclic) bond motifs is 1. The van der Waals surface area contributed by atoms with Crippen molar-refractivity contribution < 1.29 is 6.11 Å². The molecule has 0 fully saturated rings. The number of hydrogen-bond donors (Lipinski definition) is 0. The largest absolute Gasteiger partial charge is 0.496 e. The summed E-state index contributed by atoms with van der Waals surface area (Å²) in [5.41, 5.74) is 2.18. The minimum absolute atomic E-state index is 0.579. The van der Waals surface area contributed by atoms with Crippen LogP contribution in [0.3, 0.4) is 0 Å². The first-order valence-corrected chi connectivity index (χ1v) is 4.67. The van der Waals surface area contributed by atoms with Gasteiger partial charge in [-0.3, -0.25) is 0 Å². The molecule has 0 aromatic heterocycles. The molecule has 2 rings (SSSR count). The van der Waals surface area contributed by atoms with Crippen LogP contribution in [0.25, 0.3) is 10.8 Å². The molecule has 1 heteroatoms. The molecule has 0 saturated carbocycles. The molecule has 14 heavy (non-hydrogen) atoms. The molecule has 0 spiro atoms. The lowest BCUT2D eigenvalue weighted by Crippen LogP contribution is -1.87. The molecule has 0 N–H and O–H groups in total. The molecule has 0 bridgehead atoms. The van der Waals surface area contributed by atoms with Gasteiger partial charge in [0.05, 0.1) is 8.48 Å². The van der Waals surface area contributed by atoms with E-state index in [9.17, 15) is 0 Å². The highest BCUT2D eigenvalue weighted by atomic mass is 16.5. The lowest BCUT2D eigenvalue weighted by atomic mass is 10.0. The molecule has 2 aromatic carbocycles. The molecule has 0 amide bonds. The van der Waals surface area contributed by atoms with Gasteiger partial charge in [0, 0.05) is 0 Å². The van der Waals surface area contributed by atoms with Crippen molar-refractivity contribution in [2.24, 2.45) is 0 Å². The van der Waals surface area contributed by atoms with Gasteiger partial charge in [0.25, 0.3) is 0 Å². The zero-order valence-corrected chi connectivity index (χ0v) is 8.72. The van der Waals surface area contributed by atoms with Gasteiger partial charge in [-0.2, -0.15) is 0 Å². The zero-order chi connectivity index (χ0) is 11.0. The summed E-state index contributed by atoms with van der Waals surface area (Å²) >= 11 is 0. The fourth-order valence-electron chi connectivity index (χ4n) is 1.65. The van der Waals surface area contributed by atoms with Crippen LogP contribution in [0.5, 0.6) is 5.75 Å². The molecular weight excluding hydrogens is 172 g/mol. The topological polar surface area (TPSA) is 9.23 Å². The average molecular weight is 187 g/mol. The Morgan fingerprint density at radius 1 is 1.14 bits per heavy atom. The smallest absolute Gasteiger partial charge is 0.122 e. The average Bonchev–Trinajstić information content (AvgIpc) is 2.18. The zero-order valence-electron chi connectivity index (χ0n) is 9.72. The van der Waals surface area contributed by atoms with Crippen LogP contribution in [0, 0.1) is 13.8 Å². The second kappa shape index (κ2) is 3.33. The van der Waals surface area contributed by atoms with E-state index in [1.54, 1.807) is 7.11 Å². The van der Waals surface area contributed by atoms with E-state index in [1.165, 1.54) is 0 Å². The van der Waals surface area contributed by atoms with Gasteiger partial charge in [-0.15, -0.1) is 0 Å². The Labute approximate surface area is 85.7 Å². The monoisotopic (exact) mass is 187 g/mol. The quantitative estimate of drug-likeness (QED) is 0.664. The number of aryl methyl sites for hydroxylation is 2. The Morgan fingerprint density at radius 2 is 1.93 bits per heavy atom. The summed E-state index contributed by atoms with van der Waals surface area (Å²) in [5.74, 6) is 0.882. The molecule has 72 valence electrons. The van der Waals surface area contributed by atoms with Crippen LogP contribution >= 0.6 is 0 Å². The number of benzene rings is 2. The van der Waals surface area contributed by atoms with Gasteiger partial charge in [-0.05, 0) is 42.3 Å². The number of rotatable bonds is 1. The molecule has 0 aliphatic rings. The Hall–Kier alpha value is -1.50. The van der Waals surface area contributed by atoms with Gasteiger partial charge < -0.3 is 4.74 Å². The van der Waals surface area contributed by atoms with Crippen molar-refractivity contribution in [2.45, 2.75) is 13.8 Å². The predicted molar refractivity (Wildman–Crippen MR) is 60.0 cm³/mol. The van der Waals surface area contributed by atoms with Crippen LogP contribution in [-0.2, 0) is 0 Å². The maximum Gasteiger partial charge on any atom is 0.122 e. The van der Waals surface area contributed by atoms with Gasteiger partial charge in [-0.25, -0.2) is 0 Å². The summed E-state index contributed by atoms with van der Waals surface area (Å²) in [6.45, 7) is 4.00. The Bertz CT molecular complexity index is 517. The number of methoxy groups -OCH3 is 1. The van der Waals surface area contributed by atoms with E-state index in [1.807, 2.05) is 32.0 Å². The molecule has 0 saturated heterocycles. The van der Waals surface area contributed by atoms with E-state index in [-0.39, 0.29) is 0 Å². The van der Waals surface area contributed by atoms with Crippen molar-refractivity contribution in [3.8, 4) is 5.75 Å². The van der Waals surface area contributed by atoms with Gasteiger partial charge in [0.1, 0.15) is 5.75 Å². The van der Waals surface area contributed by atoms with Crippen LogP contribution in [-0.4, -0.2) is 7.11 Å². The lowest BCUT2D eigenvalue weighted by Gasteiger charge is -2.07. The molecule has 0 atom stereocenters. The van der Waals surface area contributed by atoms with Gasteiger partial charge >= 0.3 is 0 Å². The Kier molecular flexibility index (Phi) is 1.87. The summed E-state index contributed by atoms with van der Waals surface area (Å²) in [6.07, 6.45) is 0. The summed E-state index contributed by atoms with van der Waals surface area (Å²) in [7, 11) is 1.67. The molecule has 0 heterocycles. The molecule has 0 radical (unpaired) electrons. The van der Waals surface area contributed by atoms with Crippen LogP contribution in [0.2, 0.25) is 0 Å². The third-order valence-electron chi connectivity index (χ3n) is 2.41. The van der Waals surface area contributed by atoms with Crippen molar-refractivity contribution in [3.05, 3.63) is 41.4 Å². The van der Waals surface area contributed by atoms with Crippen LogP contribution in [0.15, 0.2) is 30.3 Å². The SMILES string of the molecule is [2H]c1cc(C)cc2cc(OC)c(C)cc12. The molecule has 0 aliphatic carbocycles. The first kappa shape index (κ1) is 7.86. The van der Waals surface area contributed by atoms with Crippen LogP contribution < -0.4 is 4.74 Å². The van der Waals surface area contributed by atoms with Crippen molar-refractivity contribution in [1.29, 1.82) is 0 Å². The van der Waals surface area contributed by atoms with E-state index < -0.39 is 0 Å². The predicted octanol–water partition coefficient (Wildman–Crippen LogP) is 3.47. The van der Waals surface area contributed by atoms with Crippen molar-refractivity contribution in [1.82, 2.24) is 0 Å². The van der Waals surface area contributed by atoms with E-state index >= 15 is 0 Å². The first-order chi connectivity index (χ1) is 7.11. The molecule has 0 aliphatic heterocycles. The van der Waals surface area contributed by atoms with E-state index in [0.29, 0.717) is 6.04 Å². The summed E-state index contributed by atoms with van der Waals surface area (Å²) in [4.78, 5) is 0. The minimum Gasteiger partial charge on any atom is -0.496 e. The second-order valence-electron chi connectivity index (χ2n) is 3.59. The van der Waals surface area contributed by atoms with Crippen LogP contribution in [0.1, 0.15) is 12.5 Å². The van der Waals surface area contributed by atoms with E-state index in [4.69, 9.17) is 6.11 Å². The molecule has 2 aromatic rings. The molecule has 0 unspecified atom stereocenters. The van der Waals surface area contributed by atoms with E-state index in [2.05, 4.69) is 6.07 Å². The third kappa shape index (κ3) is 1.46. The number of ether oxygens (including phenoxy) is 1. The lowest BCUT2D eigenvalue weighted by molar-refractivity contribution is 0.412. The first-order valence-electron chi connectivity index (χ1n) is 5.17.